The Bertz CT molecular complexity index is 1140. The quantitative estimate of drug-likeness (QED) is 0.541. The number of nitrogens with zero attached hydrogens (tertiary/aromatic N) is 2. The summed E-state index contributed by atoms with van der Waals surface area (Å²) in [6.45, 7) is 4.56. The standard InChI is InChI=1S/C23H23N5O3.C2H6/c24-13-17-7-4-10-28(17)22(29)20(25)11-15-14-26-21-9-8-18(12-19(15)21)31-23(30)27-16-5-2-1-3-6-16;1-2/h1-3,5-6,8-9,12,14,17,20,26H,4,7,10-11,25H2,(H,27,30);1-2H3/t17?,20-;/m0./s1. The first-order valence-corrected chi connectivity index (χ1v) is 11.1. The van der Waals surface area contributed by atoms with Gasteiger partial charge in [0.15, 0.2) is 0 Å². The molecule has 33 heavy (non-hydrogen) atoms. The number of H-pyrrole nitrogens is 1. The molecule has 2 amide bonds. The van der Waals surface area contributed by atoms with E-state index in [1.54, 1.807) is 35.4 Å². The number of aromatic amines is 1. The van der Waals surface area contributed by atoms with Crippen molar-refractivity contribution in [2.24, 2.45) is 5.73 Å². The van der Waals surface area contributed by atoms with Crippen LogP contribution in [-0.4, -0.2) is 40.5 Å². The highest BCUT2D eigenvalue weighted by Gasteiger charge is 2.31. The smallest absolute Gasteiger partial charge is 0.410 e. The van der Waals surface area contributed by atoms with Crippen molar-refractivity contribution >= 4 is 28.6 Å². The molecule has 0 spiro atoms. The Kier molecular flexibility index (Phi) is 8.06. The number of likely N-dealkylation sites (tertiary alicyclic amines) is 1. The highest BCUT2D eigenvalue weighted by molar-refractivity contribution is 5.89. The van der Waals surface area contributed by atoms with Crippen molar-refractivity contribution < 1.29 is 14.3 Å². The number of nitrogens with two attached hydrogens (primary N) is 1. The van der Waals surface area contributed by atoms with Gasteiger partial charge in [0.25, 0.3) is 0 Å². The van der Waals surface area contributed by atoms with Gasteiger partial charge in [-0.15, -0.1) is 0 Å². The summed E-state index contributed by atoms with van der Waals surface area (Å²) in [6, 6.07) is 15.3. The van der Waals surface area contributed by atoms with E-state index in [4.69, 9.17) is 10.5 Å². The number of carbonyl (C=O) groups excluding carboxylic acids is 2. The van der Waals surface area contributed by atoms with Gasteiger partial charge in [0.1, 0.15) is 11.8 Å². The lowest BCUT2D eigenvalue weighted by molar-refractivity contribution is -0.132. The summed E-state index contributed by atoms with van der Waals surface area (Å²) >= 11 is 0. The summed E-state index contributed by atoms with van der Waals surface area (Å²) in [5.41, 5.74) is 8.52. The summed E-state index contributed by atoms with van der Waals surface area (Å²) in [5, 5.41) is 12.7. The molecule has 1 aromatic heterocycles. The van der Waals surface area contributed by atoms with Crippen molar-refractivity contribution in [3.05, 3.63) is 60.3 Å². The topological polar surface area (TPSA) is 124 Å². The summed E-state index contributed by atoms with van der Waals surface area (Å²) in [4.78, 5) is 29.6. The molecule has 1 aliphatic heterocycles. The van der Waals surface area contributed by atoms with E-state index in [-0.39, 0.29) is 5.91 Å². The van der Waals surface area contributed by atoms with E-state index < -0.39 is 18.2 Å². The van der Waals surface area contributed by atoms with Gasteiger partial charge in [-0.3, -0.25) is 10.1 Å². The largest absolute Gasteiger partial charge is 0.417 e. The number of nitrogens with one attached hydrogen (secondary N) is 2. The van der Waals surface area contributed by atoms with Crippen molar-refractivity contribution in [3.8, 4) is 11.8 Å². The van der Waals surface area contributed by atoms with E-state index in [9.17, 15) is 14.9 Å². The third-order valence-corrected chi connectivity index (χ3v) is 5.41. The molecule has 0 bridgehead atoms. The van der Waals surface area contributed by atoms with Crippen LogP contribution >= 0.6 is 0 Å². The number of carbonyl (C=O) groups is 2. The summed E-state index contributed by atoms with van der Waals surface area (Å²) in [6.07, 6.45) is 3.03. The molecular weight excluding hydrogens is 418 g/mol. The van der Waals surface area contributed by atoms with Crippen LogP contribution in [0.4, 0.5) is 10.5 Å². The monoisotopic (exact) mass is 447 g/mol. The Morgan fingerprint density at radius 1 is 1.27 bits per heavy atom. The Morgan fingerprint density at radius 2 is 2.03 bits per heavy atom. The van der Waals surface area contributed by atoms with E-state index in [2.05, 4.69) is 16.4 Å². The van der Waals surface area contributed by atoms with Gasteiger partial charge in [0, 0.05) is 29.3 Å². The Labute approximate surface area is 193 Å². The molecule has 0 radical (unpaired) electrons. The molecule has 1 saturated heterocycles. The van der Waals surface area contributed by atoms with Gasteiger partial charge >= 0.3 is 6.09 Å². The lowest BCUT2D eigenvalue weighted by Gasteiger charge is -2.23. The second-order valence-corrected chi connectivity index (χ2v) is 7.53. The molecule has 4 rings (SSSR count). The fourth-order valence-electron chi connectivity index (χ4n) is 3.86. The Morgan fingerprint density at radius 3 is 2.76 bits per heavy atom. The SMILES string of the molecule is CC.N#CC1CCCN1C(=O)[C@@H](N)Cc1c[nH]c2ccc(OC(=O)Nc3ccccc3)cc12. The lowest BCUT2D eigenvalue weighted by Crippen LogP contribution is -2.46. The van der Waals surface area contributed by atoms with Crippen LogP contribution in [0.2, 0.25) is 0 Å². The molecule has 4 N–H and O–H groups in total. The number of ether oxygens (including phenoxy) is 1. The zero-order chi connectivity index (χ0) is 23.8. The molecule has 3 aromatic rings. The van der Waals surface area contributed by atoms with Crippen molar-refractivity contribution in [2.75, 3.05) is 11.9 Å². The van der Waals surface area contributed by atoms with Gasteiger partial charge < -0.3 is 20.4 Å². The Balaban J connectivity index is 0.00000149. The fourth-order valence-corrected chi connectivity index (χ4v) is 3.86. The first-order valence-electron chi connectivity index (χ1n) is 11.1. The van der Waals surface area contributed by atoms with E-state index in [0.717, 1.165) is 22.9 Å². The average Bonchev–Trinajstić information content (AvgIpc) is 3.47. The maximum absolute atomic E-state index is 12.7. The van der Waals surface area contributed by atoms with Crippen LogP contribution in [0.25, 0.3) is 10.9 Å². The van der Waals surface area contributed by atoms with Crippen molar-refractivity contribution in [1.82, 2.24) is 9.88 Å². The maximum atomic E-state index is 12.7. The summed E-state index contributed by atoms with van der Waals surface area (Å²) in [7, 11) is 0. The van der Waals surface area contributed by atoms with Crippen LogP contribution in [0.3, 0.4) is 0 Å². The second-order valence-electron chi connectivity index (χ2n) is 7.53. The number of aromatic nitrogens is 1. The first-order chi connectivity index (χ1) is 16.0. The number of nitriles is 1. The van der Waals surface area contributed by atoms with Crippen LogP contribution in [0, 0.1) is 11.3 Å². The number of para-hydroxylation sites is 1. The predicted molar refractivity (Wildman–Crippen MR) is 128 cm³/mol. The van der Waals surface area contributed by atoms with E-state index in [1.165, 1.54) is 0 Å². The average molecular weight is 448 g/mol. The van der Waals surface area contributed by atoms with Crippen molar-refractivity contribution in [2.45, 2.75) is 45.2 Å². The number of benzene rings is 2. The molecule has 1 fully saturated rings. The number of fused-ring (bicyclic) bond motifs is 1. The summed E-state index contributed by atoms with van der Waals surface area (Å²) in [5.74, 6) is 0.166. The van der Waals surface area contributed by atoms with Gasteiger partial charge in [-0.2, -0.15) is 5.26 Å². The van der Waals surface area contributed by atoms with Crippen LogP contribution in [0.15, 0.2) is 54.7 Å². The van der Waals surface area contributed by atoms with Crippen molar-refractivity contribution in [1.29, 1.82) is 5.26 Å². The number of anilines is 1. The first kappa shape index (κ1) is 23.8. The minimum Gasteiger partial charge on any atom is -0.410 e. The number of hydrogen-bond donors (Lipinski definition) is 3. The predicted octanol–water partition coefficient (Wildman–Crippen LogP) is 4.19. The zero-order valence-corrected chi connectivity index (χ0v) is 18.9. The van der Waals surface area contributed by atoms with Gasteiger partial charge in [-0.05, 0) is 55.2 Å². The van der Waals surface area contributed by atoms with Gasteiger partial charge in [0.2, 0.25) is 5.91 Å². The van der Waals surface area contributed by atoms with E-state index in [1.807, 2.05) is 38.1 Å². The highest BCUT2D eigenvalue weighted by atomic mass is 16.6. The molecule has 8 nitrogen and oxygen atoms in total. The minimum absolute atomic E-state index is 0.215. The molecule has 0 aliphatic carbocycles. The van der Waals surface area contributed by atoms with Gasteiger partial charge in [0.05, 0.1) is 12.1 Å². The zero-order valence-electron chi connectivity index (χ0n) is 18.9. The number of rotatable bonds is 5. The van der Waals surface area contributed by atoms with E-state index in [0.29, 0.717) is 30.8 Å². The molecular formula is C25H29N5O3. The Hall–Kier alpha value is -3.83. The van der Waals surface area contributed by atoms with Gasteiger partial charge in [-0.1, -0.05) is 32.0 Å². The molecule has 1 unspecified atom stereocenters. The van der Waals surface area contributed by atoms with Crippen LogP contribution in [0.5, 0.6) is 5.75 Å². The van der Waals surface area contributed by atoms with Crippen LogP contribution < -0.4 is 15.8 Å². The molecule has 8 heteroatoms. The van der Waals surface area contributed by atoms with Crippen LogP contribution in [-0.2, 0) is 11.2 Å². The summed E-state index contributed by atoms with van der Waals surface area (Å²) < 4.78 is 5.41. The molecule has 0 saturated carbocycles. The number of hydrogen-bond acceptors (Lipinski definition) is 5. The second kappa shape index (κ2) is 11.2. The highest BCUT2D eigenvalue weighted by Crippen LogP contribution is 2.26. The molecule has 172 valence electrons. The maximum Gasteiger partial charge on any atom is 0.417 e. The molecule has 2 aromatic carbocycles. The molecule has 1 aliphatic rings. The third-order valence-electron chi connectivity index (χ3n) is 5.41. The molecule has 2 atom stereocenters. The normalized spacial score (nSPS) is 15.8. The third kappa shape index (κ3) is 5.70. The van der Waals surface area contributed by atoms with Crippen LogP contribution in [0.1, 0.15) is 32.3 Å². The lowest BCUT2D eigenvalue weighted by atomic mass is 10.0. The fraction of sp³-hybridized carbons (Fsp3) is 0.320. The van der Waals surface area contributed by atoms with Gasteiger partial charge in [-0.25, -0.2) is 4.79 Å². The van der Waals surface area contributed by atoms with E-state index >= 15 is 0 Å². The molecule has 2 heterocycles. The number of amides is 2. The minimum atomic E-state index is -0.751. The van der Waals surface area contributed by atoms with Crippen molar-refractivity contribution in [3.63, 3.8) is 0 Å².